The SMILES string of the molecule is CCOC(=O)[C@@H](C(C)=O)C(=O)Nc1cn(C)c(=O)n(C)c1=O. The second kappa shape index (κ2) is 6.83. The van der Waals surface area contributed by atoms with E-state index in [-0.39, 0.29) is 12.3 Å². The number of rotatable bonds is 5. The van der Waals surface area contributed by atoms with Gasteiger partial charge in [0.05, 0.1) is 6.61 Å². The predicted octanol–water partition coefficient (Wildman–Crippen LogP) is -1.21. The number of nitrogens with zero attached hydrogens (tertiary/aromatic N) is 2. The number of esters is 1. The van der Waals surface area contributed by atoms with Crippen LogP contribution in [0, 0.1) is 5.92 Å². The molecular weight excluding hydrogens is 294 g/mol. The van der Waals surface area contributed by atoms with Gasteiger partial charge in [-0.3, -0.25) is 23.7 Å². The zero-order valence-corrected chi connectivity index (χ0v) is 12.7. The molecule has 1 N–H and O–H groups in total. The van der Waals surface area contributed by atoms with Gasteiger partial charge in [-0.05, 0) is 13.8 Å². The van der Waals surface area contributed by atoms with Gasteiger partial charge in [-0.25, -0.2) is 4.79 Å². The molecule has 9 heteroatoms. The molecule has 0 radical (unpaired) electrons. The number of ether oxygens (including phenoxy) is 1. The van der Waals surface area contributed by atoms with Crippen molar-refractivity contribution in [1.29, 1.82) is 0 Å². The van der Waals surface area contributed by atoms with Gasteiger partial charge in [0.2, 0.25) is 5.91 Å². The van der Waals surface area contributed by atoms with Gasteiger partial charge in [0.25, 0.3) is 5.56 Å². The summed E-state index contributed by atoms with van der Waals surface area (Å²) in [7, 11) is 2.64. The Bertz CT molecular complexity index is 730. The van der Waals surface area contributed by atoms with Crippen LogP contribution >= 0.6 is 0 Å². The average Bonchev–Trinajstić information content (AvgIpc) is 2.42. The average molecular weight is 311 g/mol. The molecule has 22 heavy (non-hydrogen) atoms. The highest BCUT2D eigenvalue weighted by Gasteiger charge is 2.33. The second-order valence-electron chi connectivity index (χ2n) is 4.59. The van der Waals surface area contributed by atoms with Crippen molar-refractivity contribution in [3.63, 3.8) is 0 Å². The van der Waals surface area contributed by atoms with Crippen molar-refractivity contribution in [2.24, 2.45) is 20.0 Å². The van der Waals surface area contributed by atoms with Gasteiger partial charge in [0.15, 0.2) is 11.7 Å². The molecule has 0 fully saturated rings. The van der Waals surface area contributed by atoms with Gasteiger partial charge < -0.3 is 14.6 Å². The molecule has 0 aliphatic rings. The summed E-state index contributed by atoms with van der Waals surface area (Å²) < 4.78 is 6.54. The third-order valence-corrected chi connectivity index (χ3v) is 2.90. The Morgan fingerprint density at radius 2 is 1.86 bits per heavy atom. The summed E-state index contributed by atoms with van der Waals surface area (Å²) in [5.74, 6) is -4.35. The van der Waals surface area contributed by atoms with Crippen molar-refractivity contribution in [1.82, 2.24) is 9.13 Å². The van der Waals surface area contributed by atoms with Gasteiger partial charge in [-0.15, -0.1) is 0 Å². The summed E-state index contributed by atoms with van der Waals surface area (Å²) in [5, 5.41) is 2.19. The van der Waals surface area contributed by atoms with Crippen LogP contribution in [-0.4, -0.2) is 33.4 Å². The lowest BCUT2D eigenvalue weighted by Gasteiger charge is -2.13. The predicted molar refractivity (Wildman–Crippen MR) is 76.4 cm³/mol. The summed E-state index contributed by atoms with van der Waals surface area (Å²) in [6, 6.07) is 0. The van der Waals surface area contributed by atoms with Crippen LogP contribution in [-0.2, 0) is 33.2 Å². The molecule has 0 saturated carbocycles. The molecule has 120 valence electrons. The van der Waals surface area contributed by atoms with Gasteiger partial charge in [-0.2, -0.15) is 0 Å². The van der Waals surface area contributed by atoms with Crippen LogP contribution in [0.5, 0.6) is 0 Å². The fraction of sp³-hybridized carbons (Fsp3) is 0.462. The Labute approximate surface area is 125 Å². The number of aromatic nitrogens is 2. The van der Waals surface area contributed by atoms with E-state index in [1.165, 1.54) is 21.0 Å². The van der Waals surface area contributed by atoms with E-state index >= 15 is 0 Å². The van der Waals surface area contributed by atoms with Crippen LogP contribution in [0.15, 0.2) is 15.8 Å². The molecule has 1 heterocycles. The third kappa shape index (κ3) is 3.48. The van der Waals surface area contributed by atoms with E-state index in [0.29, 0.717) is 0 Å². The summed E-state index contributed by atoms with van der Waals surface area (Å²) in [4.78, 5) is 58.6. The lowest BCUT2D eigenvalue weighted by atomic mass is 10.0. The highest BCUT2D eigenvalue weighted by atomic mass is 16.5. The van der Waals surface area contributed by atoms with E-state index in [0.717, 1.165) is 22.3 Å². The van der Waals surface area contributed by atoms with E-state index in [1.54, 1.807) is 0 Å². The lowest BCUT2D eigenvalue weighted by molar-refractivity contribution is -0.153. The van der Waals surface area contributed by atoms with Crippen LogP contribution in [0.2, 0.25) is 0 Å². The summed E-state index contributed by atoms with van der Waals surface area (Å²) in [5.41, 5.74) is -1.54. The largest absolute Gasteiger partial charge is 0.465 e. The fourth-order valence-electron chi connectivity index (χ4n) is 1.78. The second-order valence-corrected chi connectivity index (χ2v) is 4.59. The number of ketones is 1. The first-order valence-corrected chi connectivity index (χ1v) is 6.45. The summed E-state index contributed by atoms with van der Waals surface area (Å²) in [6.07, 6.45) is 1.12. The molecule has 0 aromatic carbocycles. The van der Waals surface area contributed by atoms with Crippen LogP contribution < -0.4 is 16.6 Å². The van der Waals surface area contributed by atoms with Crippen molar-refractivity contribution in [2.45, 2.75) is 13.8 Å². The first kappa shape index (κ1) is 17.3. The monoisotopic (exact) mass is 311 g/mol. The van der Waals surface area contributed by atoms with Crippen LogP contribution in [0.1, 0.15) is 13.8 Å². The molecule has 9 nitrogen and oxygen atoms in total. The minimum atomic E-state index is -1.66. The van der Waals surface area contributed by atoms with Gasteiger partial charge >= 0.3 is 11.7 Å². The Morgan fingerprint density at radius 3 is 2.36 bits per heavy atom. The summed E-state index contributed by atoms with van der Waals surface area (Å²) >= 11 is 0. The molecule has 0 aliphatic heterocycles. The van der Waals surface area contributed by atoms with Crippen molar-refractivity contribution in [3.8, 4) is 0 Å². The van der Waals surface area contributed by atoms with E-state index in [1.807, 2.05) is 0 Å². The molecule has 1 aromatic rings. The molecule has 0 bridgehead atoms. The molecule has 1 aromatic heterocycles. The van der Waals surface area contributed by atoms with E-state index in [4.69, 9.17) is 0 Å². The first-order chi connectivity index (χ1) is 10.2. The molecule has 0 saturated heterocycles. The van der Waals surface area contributed by atoms with E-state index < -0.39 is 34.8 Å². The Kier molecular flexibility index (Phi) is 5.39. The minimum Gasteiger partial charge on any atom is -0.465 e. The van der Waals surface area contributed by atoms with Crippen LogP contribution in [0.3, 0.4) is 0 Å². The van der Waals surface area contributed by atoms with Crippen molar-refractivity contribution in [2.75, 3.05) is 11.9 Å². The van der Waals surface area contributed by atoms with Crippen LogP contribution in [0.25, 0.3) is 0 Å². The third-order valence-electron chi connectivity index (χ3n) is 2.90. The highest BCUT2D eigenvalue weighted by molar-refractivity contribution is 6.19. The van der Waals surface area contributed by atoms with Gasteiger partial charge in [0.1, 0.15) is 5.69 Å². The Balaban J connectivity index is 3.16. The minimum absolute atomic E-state index is 0.0114. The molecule has 1 atom stereocenters. The standard InChI is InChI=1S/C13H17N3O6/c1-5-22-12(20)9(7(2)17)10(18)14-8-6-15(3)13(21)16(4)11(8)19/h6,9H,5H2,1-4H3,(H,14,18)/t9-/m0/s1. The number of amides is 1. The number of Topliss-reactive ketones (excluding diaryl/α,β-unsaturated/α-hetero) is 1. The number of carbonyl (C=O) groups excluding carboxylic acids is 3. The van der Waals surface area contributed by atoms with E-state index in [9.17, 15) is 24.0 Å². The van der Waals surface area contributed by atoms with Gasteiger partial charge in [-0.1, -0.05) is 0 Å². The molecule has 1 rings (SSSR count). The number of nitrogens with one attached hydrogen (secondary N) is 1. The number of carbonyl (C=O) groups is 3. The van der Waals surface area contributed by atoms with Crippen molar-refractivity contribution < 1.29 is 19.1 Å². The quantitative estimate of drug-likeness (QED) is 0.539. The fourth-order valence-corrected chi connectivity index (χ4v) is 1.78. The zero-order valence-electron chi connectivity index (χ0n) is 12.7. The van der Waals surface area contributed by atoms with Crippen molar-refractivity contribution in [3.05, 3.63) is 27.0 Å². The van der Waals surface area contributed by atoms with E-state index in [2.05, 4.69) is 10.1 Å². The molecule has 0 unspecified atom stereocenters. The lowest BCUT2D eigenvalue weighted by Crippen LogP contribution is -2.41. The number of hydrogen-bond donors (Lipinski definition) is 1. The number of anilines is 1. The number of aryl methyl sites for hydroxylation is 1. The first-order valence-electron chi connectivity index (χ1n) is 6.45. The van der Waals surface area contributed by atoms with Gasteiger partial charge in [0, 0.05) is 20.3 Å². The zero-order chi connectivity index (χ0) is 17.0. The number of hydrogen-bond acceptors (Lipinski definition) is 6. The topological polar surface area (TPSA) is 116 Å². The molecule has 1 amide bonds. The Hall–Kier alpha value is -2.71. The molecule has 0 aliphatic carbocycles. The van der Waals surface area contributed by atoms with Crippen molar-refractivity contribution >= 4 is 23.3 Å². The molecular formula is C13H17N3O6. The normalized spacial score (nSPS) is 11.6. The smallest absolute Gasteiger partial charge is 0.330 e. The highest BCUT2D eigenvalue weighted by Crippen LogP contribution is 2.06. The maximum absolute atomic E-state index is 12.1. The molecule has 0 spiro atoms. The van der Waals surface area contributed by atoms with Crippen LogP contribution in [0.4, 0.5) is 5.69 Å². The summed E-state index contributed by atoms with van der Waals surface area (Å²) in [6.45, 7) is 2.62. The Morgan fingerprint density at radius 1 is 1.27 bits per heavy atom. The maximum atomic E-state index is 12.1. The maximum Gasteiger partial charge on any atom is 0.330 e.